The fourth-order valence-electron chi connectivity index (χ4n) is 3.78. The van der Waals surface area contributed by atoms with E-state index in [1.54, 1.807) is 19.9 Å². The minimum absolute atomic E-state index is 0.449. The van der Waals surface area contributed by atoms with E-state index in [4.69, 9.17) is 4.74 Å². The maximum Gasteiger partial charge on any atom is 0.282 e. The second kappa shape index (κ2) is 9.09. The maximum atomic E-state index is 12.8. The largest absolute Gasteiger partial charge is 0.379 e. The second-order valence-electron chi connectivity index (χ2n) is 7.48. The first-order valence-electron chi connectivity index (χ1n) is 10.0. The summed E-state index contributed by atoms with van der Waals surface area (Å²) in [5, 5.41) is 4.35. The predicted octanol–water partition coefficient (Wildman–Crippen LogP) is 2.62. The minimum atomic E-state index is -3.35. The van der Waals surface area contributed by atoms with E-state index in [1.165, 1.54) is 5.56 Å². The zero-order valence-corrected chi connectivity index (χ0v) is 18.3. The van der Waals surface area contributed by atoms with E-state index in [0.717, 1.165) is 35.0 Å². The van der Waals surface area contributed by atoms with E-state index in [2.05, 4.69) is 29.4 Å². The molecule has 2 saturated heterocycles. The van der Waals surface area contributed by atoms with Crippen molar-refractivity contribution in [3.8, 4) is 10.4 Å². The number of nitrogens with zero attached hydrogens (tertiary/aromatic N) is 3. The van der Waals surface area contributed by atoms with Gasteiger partial charge < -0.3 is 10.1 Å². The van der Waals surface area contributed by atoms with Gasteiger partial charge in [-0.15, -0.1) is 0 Å². The Morgan fingerprint density at radius 3 is 2.69 bits per heavy atom. The summed E-state index contributed by atoms with van der Waals surface area (Å²) in [7, 11) is -3.35. The summed E-state index contributed by atoms with van der Waals surface area (Å²) in [5.74, 6) is 0.449. The Morgan fingerprint density at radius 2 is 1.97 bits per heavy atom. The van der Waals surface area contributed by atoms with Crippen LogP contribution in [0.25, 0.3) is 10.4 Å². The zero-order chi connectivity index (χ0) is 20.3. The molecule has 0 atom stereocenters. The number of hydrogen-bond acceptors (Lipinski definition) is 6. The van der Waals surface area contributed by atoms with Gasteiger partial charge in [-0.25, -0.2) is 4.98 Å². The van der Waals surface area contributed by atoms with E-state index in [1.807, 2.05) is 18.3 Å². The van der Waals surface area contributed by atoms with Crippen LogP contribution in [0.1, 0.15) is 18.4 Å². The Hall–Kier alpha value is -1.52. The molecule has 1 N–H and O–H groups in total. The Balaban J connectivity index is 1.28. The number of hydrogen-bond donors (Lipinski definition) is 1. The summed E-state index contributed by atoms with van der Waals surface area (Å²) < 4.78 is 34.0. The summed E-state index contributed by atoms with van der Waals surface area (Å²) in [4.78, 5) is 5.63. The number of thiazole rings is 1. The molecule has 0 amide bonds. The third-order valence-corrected chi connectivity index (χ3v) is 8.60. The van der Waals surface area contributed by atoms with Crippen LogP contribution in [0.3, 0.4) is 0 Å². The van der Waals surface area contributed by atoms with E-state index < -0.39 is 10.2 Å². The first-order chi connectivity index (χ1) is 14.0. The summed E-state index contributed by atoms with van der Waals surface area (Å²) in [5.41, 5.74) is 2.29. The van der Waals surface area contributed by atoms with Crippen molar-refractivity contribution in [1.82, 2.24) is 13.6 Å². The lowest BCUT2D eigenvalue weighted by Crippen LogP contribution is -2.51. The molecule has 1 aromatic heterocycles. The summed E-state index contributed by atoms with van der Waals surface area (Å²) in [6.45, 7) is 5.90. The Morgan fingerprint density at radius 1 is 1.24 bits per heavy atom. The Labute approximate surface area is 176 Å². The van der Waals surface area contributed by atoms with Crippen LogP contribution in [0, 0.1) is 18.9 Å². The van der Waals surface area contributed by atoms with Gasteiger partial charge in [0, 0.05) is 38.9 Å². The average Bonchev–Trinajstić information content (AvgIpc) is 3.22. The molecular formula is C20H27N4O3S2. The molecule has 2 aliphatic rings. The lowest BCUT2D eigenvalue weighted by molar-refractivity contribution is 0.0693. The van der Waals surface area contributed by atoms with E-state index in [0.29, 0.717) is 45.3 Å². The third kappa shape index (κ3) is 4.80. The van der Waals surface area contributed by atoms with Gasteiger partial charge in [0.2, 0.25) is 0 Å². The molecule has 0 aliphatic carbocycles. The number of benzene rings is 1. The highest BCUT2D eigenvalue weighted by Crippen LogP contribution is 2.31. The topological polar surface area (TPSA) is 74.8 Å². The third-order valence-electron chi connectivity index (χ3n) is 5.57. The van der Waals surface area contributed by atoms with Crippen molar-refractivity contribution < 1.29 is 13.2 Å². The summed E-state index contributed by atoms with van der Waals surface area (Å²) >= 11 is 1.65. The van der Waals surface area contributed by atoms with Gasteiger partial charge in [-0.3, -0.25) is 0 Å². The van der Waals surface area contributed by atoms with Crippen molar-refractivity contribution in [2.45, 2.75) is 19.8 Å². The standard InChI is InChI=1S/C20H27N4O3S2/c1-16-4-2-3-5-18(16)19-15-22-20(28-19)21-14-17-6-8-23(9-7-17)29(25,26)24-10-12-27-13-11-24/h2-3,5,15,17H,6-14H2,1H3,(H,21,22). The van der Waals surface area contributed by atoms with Crippen molar-refractivity contribution in [3.05, 3.63) is 36.0 Å². The lowest BCUT2D eigenvalue weighted by Gasteiger charge is -2.36. The number of aromatic nitrogens is 1. The van der Waals surface area contributed by atoms with Crippen LogP contribution in [0.5, 0.6) is 0 Å². The normalized spacial score (nSPS) is 20.0. The van der Waals surface area contributed by atoms with Gasteiger partial charge in [-0.1, -0.05) is 29.5 Å². The molecule has 1 aromatic carbocycles. The first kappa shape index (κ1) is 20.7. The molecule has 7 nitrogen and oxygen atoms in total. The molecule has 2 aromatic rings. The highest BCUT2D eigenvalue weighted by atomic mass is 32.2. The van der Waals surface area contributed by atoms with Crippen LogP contribution >= 0.6 is 11.3 Å². The minimum Gasteiger partial charge on any atom is -0.379 e. The van der Waals surface area contributed by atoms with Crippen molar-refractivity contribution in [2.24, 2.45) is 5.92 Å². The van der Waals surface area contributed by atoms with Crippen molar-refractivity contribution >= 4 is 26.7 Å². The summed E-state index contributed by atoms with van der Waals surface area (Å²) in [6, 6.07) is 9.23. The molecule has 0 unspecified atom stereocenters. The zero-order valence-electron chi connectivity index (χ0n) is 16.6. The van der Waals surface area contributed by atoms with Crippen LogP contribution in [0.4, 0.5) is 5.13 Å². The molecular weight excluding hydrogens is 408 g/mol. The fourth-order valence-corrected chi connectivity index (χ4v) is 6.30. The first-order valence-corrected chi connectivity index (χ1v) is 12.3. The van der Waals surface area contributed by atoms with Crippen molar-refractivity contribution in [1.29, 1.82) is 0 Å². The van der Waals surface area contributed by atoms with Gasteiger partial charge in [0.1, 0.15) is 0 Å². The quantitative estimate of drug-likeness (QED) is 0.755. The molecule has 0 bridgehead atoms. The Bertz CT molecular complexity index is 917. The van der Waals surface area contributed by atoms with E-state index in [-0.39, 0.29) is 0 Å². The van der Waals surface area contributed by atoms with Crippen molar-refractivity contribution in [3.63, 3.8) is 0 Å². The van der Waals surface area contributed by atoms with Gasteiger partial charge in [0.25, 0.3) is 10.2 Å². The number of morpholine rings is 1. The van der Waals surface area contributed by atoms with Gasteiger partial charge in [-0.2, -0.15) is 17.0 Å². The van der Waals surface area contributed by atoms with Crippen LogP contribution in [-0.2, 0) is 14.9 Å². The monoisotopic (exact) mass is 435 g/mol. The van der Waals surface area contributed by atoms with Gasteiger partial charge >= 0.3 is 0 Å². The van der Waals surface area contributed by atoms with Crippen LogP contribution in [0.15, 0.2) is 24.4 Å². The summed E-state index contributed by atoms with van der Waals surface area (Å²) in [6.07, 6.45) is 3.63. The second-order valence-corrected chi connectivity index (χ2v) is 10.4. The molecule has 2 aliphatic heterocycles. The molecule has 1 radical (unpaired) electrons. The molecule has 157 valence electrons. The molecule has 2 fully saturated rings. The molecule has 4 rings (SSSR count). The fraction of sp³-hybridized carbons (Fsp3) is 0.550. The van der Waals surface area contributed by atoms with Gasteiger partial charge in [-0.05, 0) is 42.9 Å². The smallest absolute Gasteiger partial charge is 0.282 e. The average molecular weight is 436 g/mol. The highest BCUT2D eigenvalue weighted by molar-refractivity contribution is 7.86. The molecule has 29 heavy (non-hydrogen) atoms. The van der Waals surface area contributed by atoms with E-state index >= 15 is 0 Å². The number of aryl methyl sites for hydroxylation is 1. The van der Waals surface area contributed by atoms with Gasteiger partial charge in [0.05, 0.1) is 18.1 Å². The van der Waals surface area contributed by atoms with Crippen LogP contribution in [-0.4, -0.2) is 67.9 Å². The number of piperidine rings is 1. The molecule has 0 saturated carbocycles. The maximum absolute atomic E-state index is 12.8. The molecule has 3 heterocycles. The SMILES string of the molecule is Cc1[c]cccc1-c1cnc(NCC2CCN(S(=O)(=O)N3CCOCC3)CC2)s1. The number of ether oxygens (including phenoxy) is 1. The van der Waals surface area contributed by atoms with Gasteiger partial charge in [0.15, 0.2) is 5.13 Å². The van der Waals surface area contributed by atoms with E-state index in [9.17, 15) is 8.42 Å². The molecule has 9 heteroatoms. The lowest BCUT2D eigenvalue weighted by atomic mass is 9.98. The predicted molar refractivity (Wildman–Crippen MR) is 115 cm³/mol. The van der Waals surface area contributed by atoms with Crippen LogP contribution < -0.4 is 5.32 Å². The number of nitrogens with one attached hydrogen (secondary N) is 1. The van der Waals surface area contributed by atoms with Crippen molar-refractivity contribution in [2.75, 3.05) is 51.3 Å². The number of rotatable bonds is 6. The number of anilines is 1. The van der Waals surface area contributed by atoms with Crippen LogP contribution in [0.2, 0.25) is 0 Å². The molecule has 0 spiro atoms. The highest BCUT2D eigenvalue weighted by Gasteiger charge is 2.33. The Kier molecular flexibility index (Phi) is 6.50.